The van der Waals surface area contributed by atoms with E-state index in [1.807, 2.05) is 23.1 Å². The van der Waals surface area contributed by atoms with Gasteiger partial charge in [-0.3, -0.25) is 4.79 Å². The topological polar surface area (TPSA) is 61.9 Å². The average Bonchev–Trinajstić information content (AvgIpc) is 3.36. The molecule has 1 N–H and O–H groups in total. The molecule has 2 aromatic carbocycles. The van der Waals surface area contributed by atoms with Crippen molar-refractivity contribution in [2.24, 2.45) is 5.92 Å². The predicted molar refractivity (Wildman–Crippen MR) is 172 cm³/mol. The van der Waals surface area contributed by atoms with E-state index in [2.05, 4.69) is 29.3 Å². The minimum Gasteiger partial charge on any atom is -0.444 e. The molecule has 2 amide bonds. The Kier molecular flexibility index (Phi) is 11.8. The fourth-order valence-electron chi connectivity index (χ4n) is 6.25. The lowest BCUT2D eigenvalue weighted by molar-refractivity contribution is -0.134. The van der Waals surface area contributed by atoms with Gasteiger partial charge in [-0.1, -0.05) is 54.7 Å². The first-order valence-corrected chi connectivity index (χ1v) is 16.3. The van der Waals surface area contributed by atoms with Gasteiger partial charge < -0.3 is 19.9 Å². The van der Waals surface area contributed by atoms with Crippen molar-refractivity contribution >= 4 is 35.2 Å². The molecule has 0 radical (unpaired) electrons. The quantitative estimate of drug-likeness (QED) is 0.295. The molecule has 0 aromatic heterocycles. The summed E-state index contributed by atoms with van der Waals surface area (Å²) in [5.41, 5.74) is 2.78. The smallest absolute Gasteiger partial charge is 0.408 e. The number of nitrogens with one attached hydrogen (secondary N) is 1. The van der Waals surface area contributed by atoms with E-state index < -0.39 is 23.9 Å². The third kappa shape index (κ3) is 10.1. The van der Waals surface area contributed by atoms with E-state index in [1.54, 1.807) is 32.9 Å². The Morgan fingerprint density at radius 2 is 1.67 bits per heavy atom. The van der Waals surface area contributed by atoms with E-state index in [9.17, 15) is 14.0 Å². The van der Waals surface area contributed by atoms with Crippen molar-refractivity contribution in [3.63, 3.8) is 0 Å². The van der Waals surface area contributed by atoms with Crippen LogP contribution < -0.4 is 5.32 Å². The summed E-state index contributed by atoms with van der Waals surface area (Å²) in [6.07, 6.45) is 3.23. The molecular weight excluding hydrogens is 588 g/mol. The lowest BCUT2D eigenvalue weighted by Crippen LogP contribution is -2.52. The van der Waals surface area contributed by atoms with E-state index in [-0.39, 0.29) is 5.91 Å². The van der Waals surface area contributed by atoms with Gasteiger partial charge in [-0.15, -0.1) is 0 Å². The van der Waals surface area contributed by atoms with Crippen LogP contribution in [-0.4, -0.2) is 72.3 Å². The van der Waals surface area contributed by atoms with Crippen molar-refractivity contribution in [3.05, 3.63) is 69.2 Å². The summed E-state index contributed by atoms with van der Waals surface area (Å²) < 4.78 is 19.3. The van der Waals surface area contributed by atoms with Crippen LogP contribution in [0.15, 0.2) is 42.5 Å². The number of rotatable bonds is 10. The number of nitrogens with zero attached hydrogens (tertiary/aromatic N) is 2. The molecule has 9 heteroatoms. The van der Waals surface area contributed by atoms with Crippen LogP contribution in [0.3, 0.4) is 0 Å². The van der Waals surface area contributed by atoms with Gasteiger partial charge in [0.1, 0.15) is 17.8 Å². The van der Waals surface area contributed by atoms with Crippen molar-refractivity contribution in [2.75, 3.05) is 32.7 Å². The zero-order chi connectivity index (χ0) is 31.1. The van der Waals surface area contributed by atoms with Crippen molar-refractivity contribution in [1.82, 2.24) is 15.1 Å². The first kappa shape index (κ1) is 33.5. The van der Waals surface area contributed by atoms with E-state index in [1.165, 1.54) is 11.1 Å². The molecule has 6 nitrogen and oxygen atoms in total. The van der Waals surface area contributed by atoms with Gasteiger partial charge in [-0.05, 0) is 99.2 Å². The van der Waals surface area contributed by atoms with Crippen molar-refractivity contribution in [1.29, 1.82) is 0 Å². The summed E-state index contributed by atoms with van der Waals surface area (Å²) in [4.78, 5) is 30.6. The molecule has 0 spiro atoms. The van der Waals surface area contributed by atoms with Gasteiger partial charge in [0.25, 0.3) is 0 Å². The fourth-order valence-corrected chi connectivity index (χ4v) is 6.57. The Labute approximate surface area is 266 Å². The number of ether oxygens (including phenoxy) is 1. The highest BCUT2D eigenvalue weighted by Crippen LogP contribution is 2.34. The SMILES string of the molecule is CCC(Cc1cc(Cl)ccc1C1CCN(C(=O)[C@@H](Cc2ccc(Cl)cc2)NC(=O)OC(C)(C)C)CC1)CN1CC[C@@H](F)C1. The highest BCUT2D eigenvalue weighted by molar-refractivity contribution is 6.30. The molecule has 2 fully saturated rings. The zero-order valence-electron chi connectivity index (χ0n) is 25.9. The van der Waals surface area contributed by atoms with Crippen LogP contribution in [0.25, 0.3) is 0 Å². The molecule has 1 unspecified atom stereocenters. The molecule has 0 saturated carbocycles. The number of hydrogen-bond donors (Lipinski definition) is 1. The predicted octanol–water partition coefficient (Wildman–Crippen LogP) is 7.45. The number of hydrogen-bond acceptors (Lipinski definition) is 4. The number of alkyl carbamates (subject to hydrolysis) is 1. The van der Waals surface area contributed by atoms with Crippen molar-refractivity contribution < 1.29 is 18.7 Å². The number of likely N-dealkylation sites (tertiary alicyclic amines) is 2. The van der Waals surface area contributed by atoms with Gasteiger partial charge in [0.05, 0.1) is 0 Å². The third-order valence-electron chi connectivity index (χ3n) is 8.51. The van der Waals surface area contributed by atoms with Crippen molar-refractivity contribution in [2.45, 2.75) is 90.0 Å². The molecule has 0 aliphatic carbocycles. The van der Waals surface area contributed by atoms with E-state index in [0.717, 1.165) is 49.4 Å². The summed E-state index contributed by atoms with van der Waals surface area (Å²) in [6, 6.07) is 12.8. The van der Waals surface area contributed by atoms with Gasteiger partial charge in [0.15, 0.2) is 0 Å². The van der Waals surface area contributed by atoms with Gasteiger partial charge >= 0.3 is 6.09 Å². The maximum absolute atomic E-state index is 13.8. The largest absolute Gasteiger partial charge is 0.444 e. The highest BCUT2D eigenvalue weighted by atomic mass is 35.5. The highest BCUT2D eigenvalue weighted by Gasteiger charge is 2.32. The Morgan fingerprint density at radius 3 is 2.28 bits per heavy atom. The maximum Gasteiger partial charge on any atom is 0.408 e. The van der Waals surface area contributed by atoms with Gasteiger partial charge in [0.2, 0.25) is 5.91 Å². The maximum atomic E-state index is 13.8. The summed E-state index contributed by atoms with van der Waals surface area (Å²) in [5, 5.41) is 4.17. The fraction of sp³-hybridized carbons (Fsp3) is 0.588. The standard InChI is InChI=1S/C34H46Cl2FN3O3/c1-5-23(21-39-15-14-29(37)22-39)18-26-20-28(36)10-11-30(26)25-12-16-40(17-13-25)32(41)31(38-33(42)43-34(2,3)4)19-24-6-8-27(35)9-7-24/h6-11,20,23,25,29,31H,5,12-19,21-22H2,1-4H3,(H,38,42)/t23?,29-,31-/m1/s1. The van der Waals surface area contributed by atoms with Crippen LogP contribution in [-0.2, 0) is 22.4 Å². The summed E-state index contributed by atoms with van der Waals surface area (Å²) in [6.45, 7) is 11.1. The summed E-state index contributed by atoms with van der Waals surface area (Å²) in [5.74, 6) is 0.625. The first-order chi connectivity index (χ1) is 20.4. The molecular formula is C34H46Cl2FN3O3. The second-order valence-corrected chi connectivity index (χ2v) is 14.0. The van der Waals surface area contributed by atoms with E-state index >= 15 is 0 Å². The van der Waals surface area contributed by atoms with Crippen molar-refractivity contribution in [3.8, 4) is 0 Å². The molecule has 4 rings (SSSR count). The van der Waals surface area contributed by atoms with Gasteiger partial charge in [-0.2, -0.15) is 0 Å². The zero-order valence-corrected chi connectivity index (χ0v) is 27.4. The minimum atomic E-state index is -0.751. The normalized spacial score (nSPS) is 19.7. The van der Waals surface area contributed by atoms with Gasteiger partial charge in [-0.25, -0.2) is 9.18 Å². The Morgan fingerprint density at radius 1 is 1.00 bits per heavy atom. The average molecular weight is 635 g/mol. The van der Waals surface area contributed by atoms with Crippen LogP contribution in [0.2, 0.25) is 10.0 Å². The molecule has 0 bridgehead atoms. The number of halogens is 3. The van der Waals surface area contributed by atoms with Crippen LogP contribution in [0.4, 0.5) is 9.18 Å². The number of amides is 2. The monoisotopic (exact) mass is 633 g/mol. The second-order valence-electron chi connectivity index (χ2n) is 13.1. The van der Waals surface area contributed by atoms with Crippen LogP contribution in [0, 0.1) is 5.92 Å². The number of benzene rings is 2. The van der Waals surface area contributed by atoms with Crippen LogP contribution in [0.5, 0.6) is 0 Å². The minimum absolute atomic E-state index is 0.113. The molecule has 2 aromatic rings. The van der Waals surface area contributed by atoms with Gasteiger partial charge in [0, 0.05) is 49.2 Å². The first-order valence-electron chi connectivity index (χ1n) is 15.6. The summed E-state index contributed by atoms with van der Waals surface area (Å²) >= 11 is 12.5. The molecule has 2 heterocycles. The Hall–Kier alpha value is -2.35. The molecule has 2 aliphatic rings. The number of piperidine rings is 1. The Balaban J connectivity index is 1.42. The van der Waals surface area contributed by atoms with E-state index in [4.69, 9.17) is 27.9 Å². The third-order valence-corrected chi connectivity index (χ3v) is 9.00. The molecule has 3 atom stereocenters. The lowest BCUT2D eigenvalue weighted by Gasteiger charge is -2.36. The van der Waals surface area contributed by atoms with Crippen LogP contribution >= 0.6 is 23.2 Å². The number of carbonyl (C=O) groups excluding carboxylic acids is 2. The van der Waals surface area contributed by atoms with Crippen LogP contribution in [0.1, 0.15) is 76.0 Å². The molecule has 2 saturated heterocycles. The molecule has 43 heavy (non-hydrogen) atoms. The lowest BCUT2D eigenvalue weighted by atomic mass is 9.83. The second kappa shape index (κ2) is 15.1. The number of alkyl halides is 1. The Bertz CT molecular complexity index is 1230. The number of carbonyl (C=O) groups is 2. The summed E-state index contributed by atoms with van der Waals surface area (Å²) in [7, 11) is 0. The van der Waals surface area contributed by atoms with E-state index in [0.29, 0.717) is 49.3 Å². The molecule has 2 aliphatic heterocycles. The molecule has 236 valence electrons.